The van der Waals surface area contributed by atoms with Crippen molar-refractivity contribution >= 4 is 34.5 Å². The summed E-state index contributed by atoms with van der Waals surface area (Å²) in [6, 6.07) is 7.42. The van der Waals surface area contributed by atoms with Gasteiger partial charge in [0.1, 0.15) is 0 Å². The maximum atomic E-state index is 11.9. The van der Waals surface area contributed by atoms with E-state index in [0.717, 1.165) is 28.1 Å². The number of fused-ring (bicyclic) bond motifs is 2. The first-order valence-corrected chi connectivity index (χ1v) is 6.16. The minimum absolute atomic E-state index is 0.0303. The second kappa shape index (κ2) is 3.61. The van der Waals surface area contributed by atoms with Gasteiger partial charge in [-0.1, -0.05) is 11.6 Å². The number of carbonyl (C=O) groups is 1. The number of hydrogen-bond donors (Lipinski definition) is 1. The normalized spacial score (nSPS) is 13.7. The van der Waals surface area contributed by atoms with Crippen molar-refractivity contribution in [1.82, 2.24) is 0 Å². The third-order valence-corrected chi connectivity index (χ3v) is 3.81. The van der Waals surface area contributed by atoms with Gasteiger partial charge in [0.25, 0.3) is 5.91 Å². The fourth-order valence-electron chi connectivity index (χ4n) is 1.87. The van der Waals surface area contributed by atoms with Gasteiger partial charge in [0.15, 0.2) is 0 Å². The Balaban J connectivity index is 2.17. The van der Waals surface area contributed by atoms with Crippen LogP contribution in [0.2, 0.25) is 5.02 Å². The summed E-state index contributed by atoms with van der Waals surface area (Å²) >= 11 is 7.57. The quantitative estimate of drug-likeness (QED) is 0.760. The van der Waals surface area contributed by atoms with Gasteiger partial charge in [0, 0.05) is 22.0 Å². The molecule has 1 N–H and O–H groups in total. The molecule has 0 bridgehead atoms. The van der Waals surface area contributed by atoms with Crippen LogP contribution in [-0.4, -0.2) is 5.91 Å². The van der Waals surface area contributed by atoms with Crippen LogP contribution >= 0.6 is 22.9 Å². The lowest BCUT2D eigenvalue weighted by Gasteiger charge is -2.06. The SMILES string of the molecule is O=C1Nc2ccc(Cl)cc2Cc2sccc21. The predicted octanol–water partition coefficient (Wildman–Crippen LogP) is 3.56. The molecule has 1 aromatic heterocycles. The summed E-state index contributed by atoms with van der Waals surface area (Å²) in [5.41, 5.74) is 2.71. The van der Waals surface area contributed by atoms with Crippen LogP contribution in [0.1, 0.15) is 20.8 Å². The molecule has 0 radical (unpaired) electrons. The number of carbonyl (C=O) groups excluding carboxylic acids is 1. The molecule has 1 aromatic carbocycles. The summed E-state index contributed by atoms with van der Waals surface area (Å²) < 4.78 is 0. The highest BCUT2D eigenvalue weighted by atomic mass is 35.5. The highest BCUT2D eigenvalue weighted by molar-refractivity contribution is 7.10. The summed E-state index contributed by atoms with van der Waals surface area (Å²) in [6.45, 7) is 0. The monoisotopic (exact) mass is 249 g/mol. The minimum Gasteiger partial charge on any atom is -0.322 e. The van der Waals surface area contributed by atoms with Crippen LogP contribution < -0.4 is 5.32 Å². The summed E-state index contributed by atoms with van der Waals surface area (Å²) in [5.74, 6) is -0.0303. The van der Waals surface area contributed by atoms with Gasteiger partial charge in [-0.3, -0.25) is 4.79 Å². The van der Waals surface area contributed by atoms with E-state index < -0.39 is 0 Å². The average Bonchev–Trinajstić information content (AvgIpc) is 2.65. The van der Waals surface area contributed by atoms with E-state index in [1.807, 2.05) is 23.6 Å². The molecule has 2 nitrogen and oxygen atoms in total. The summed E-state index contributed by atoms with van der Waals surface area (Å²) in [7, 11) is 0. The maximum absolute atomic E-state index is 11.9. The van der Waals surface area contributed by atoms with E-state index in [0.29, 0.717) is 5.02 Å². The Bertz CT molecular complexity index is 576. The van der Waals surface area contributed by atoms with Crippen LogP contribution in [0, 0.1) is 0 Å². The van der Waals surface area contributed by atoms with Crippen molar-refractivity contribution in [1.29, 1.82) is 0 Å². The Morgan fingerprint density at radius 3 is 3.06 bits per heavy atom. The maximum Gasteiger partial charge on any atom is 0.256 e. The number of amides is 1. The molecule has 80 valence electrons. The smallest absolute Gasteiger partial charge is 0.256 e. The molecule has 0 aliphatic carbocycles. The standard InChI is InChI=1S/C12H8ClNOS/c13-8-1-2-10-7(5-8)6-11-9(3-4-16-11)12(15)14-10/h1-5H,6H2,(H,14,15). The lowest BCUT2D eigenvalue weighted by atomic mass is 10.1. The molecule has 0 atom stereocenters. The number of rotatable bonds is 0. The molecule has 0 saturated heterocycles. The second-order valence-corrected chi connectivity index (χ2v) is 5.13. The highest BCUT2D eigenvalue weighted by Crippen LogP contribution is 2.30. The van der Waals surface area contributed by atoms with Crippen molar-refractivity contribution in [3.05, 3.63) is 50.7 Å². The number of thiophene rings is 1. The lowest BCUT2D eigenvalue weighted by Crippen LogP contribution is -2.10. The Kier molecular flexibility index (Phi) is 2.23. The second-order valence-electron chi connectivity index (χ2n) is 3.69. The van der Waals surface area contributed by atoms with Gasteiger partial charge < -0.3 is 5.32 Å². The van der Waals surface area contributed by atoms with Crippen LogP contribution in [0.25, 0.3) is 0 Å². The molecule has 0 spiro atoms. The van der Waals surface area contributed by atoms with Crippen molar-refractivity contribution < 1.29 is 4.79 Å². The molecule has 4 heteroatoms. The van der Waals surface area contributed by atoms with E-state index in [9.17, 15) is 4.79 Å². The molecular weight excluding hydrogens is 242 g/mol. The fourth-order valence-corrected chi connectivity index (χ4v) is 2.96. The van der Waals surface area contributed by atoms with Crippen molar-refractivity contribution in [3.63, 3.8) is 0 Å². The Morgan fingerprint density at radius 2 is 2.19 bits per heavy atom. The van der Waals surface area contributed by atoms with Gasteiger partial charge in [0.05, 0.1) is 5.56 Å². The molecule has 1 aliphatic heterocycles. The Hall–Kier alpha value is -1.32. The van der Waals surface area contributed by atoms with E-state index in [-0.39, 0.29) is 5.91 Å². The van der Waals surface area contributed by atoms with Crippen molar-refractivity contribution in [2.45, 2.75) is 6.42 Å². The molecule has 2 heterocycles. The zero-order valence-electron chi connectivity index (χ0n) is 8.29. The summed E-state index contributed by atoms with van der Waals surface area (Å²) in [5, 5.41) is 5.55. The Labute approximate surface area is 102 Å². The Morgan fingerprint density at radius 1 is 1.31 bits per heavy atom. The predicted molar refractivity (Wildman–Crippen MR) is 66.5 cm³/mol. The van der Waals surface area contributed by atoms with Gasteiger partial charge >= 0.3 is 0 Å². The minimum atomic E-state index is -0.0303. The first kappa shape index (κ1) is 9.87. The van der Waals surface area contributed by atoms with Gasteiger partial charge in [-0.2, -0.15) is 0 Å². The average molecular weight is 250 g/mol. The first-order valence-electron chi connectivity index (χ1n) is 4.90. The van der Waals surface area contributed by atoms with E-state index >= 15 is 0 Å². The van der Waals surface area contributed by atoms with Gasteiger partial charge in [-0.25, -0.2) is 0 Å². The van der Waals surface area contributed by atoms with E-state index in [4.69, 9.17) is 11.6 Å². The van der Waals surface area contributed by atoms with Crippen LogP contribution in [0.3, 0.4) is 0 Å². The number of nitrogens with one attached hydrogen (secondary N) is 1. The fraction of sp³-hybridized carbons (Fsp3) is 0.0833. The zero-order valence-corrected chi connectivity index (χ0v) is 9.86. The molecule has 2 aromatic rings. The van der Waals surface area contributed by atoms with Crippen molar-refractivity contribution in [3.8, 4) is 0 Å². The van der Waals surface area contributed by atoms with Crippen LogP contribution in [0.4, 0.5) is 5.69 Å². The van der Waals surface area contributed by atoms with Crippen molar-refractivity contribution in [2.24, 2.45) is 0 Å². The number of anilines is 1. The number of benzene rings is 1. The van der Waals surface area contributed by atoms with Crippen LogP contribution in [0.5, 0.6) is 0 Å². The number of halogens is 1. The summed E-state index contributed by atoms with van der Waals surface area (Å²) in [6.07, 6.45) is 0.766. The first-order chi connectivity index (χ1) is 7.74. The van der Waals surface area contributed by atoms with E-state index in [1.165, 1.54) is 0 Å². The molecular formula is C12H8ClNOS. The number of hydrogen-bond acceptors (Lipinski definition) is 2. The van der Waals surface area contributed by atoms with Crippen molar-refractivity contribution in [2.75, 3.05) is 5.32 Å². The molecule has 0 unspecified atom stereocenters. The van der Waals surface area contributed by atoms with Crippen LogP contribution in [-0.2, 0) is 6.42 Å². The largest absolute Gasteiger partial charge is 0.322 e. The van der Waals surface area contributed by atoms with E-state index in [2.05, 4.69) is 5.32 Å². The lowest BCUT2D eigenvalue weighted by molar-refractivity contribution is 0.102. The third-order valence-electron chi connectivity index (χ3n) is 2.66. The van der Waals surface area contributed by atoms with Gasteiger partial charge in [0.2, 0.25) is 0 Å². The molecule has 1 aliphatic rings. The molecule has 16 heavy (non-hydrogen) atoms. The third kappa shape index (κ3) is 1.52. The van der Waals surface area contributed by atoms with E-state index in [1.54, 1.807) is 17.4 Å². The topological polar surface area (TPSA) is 29.1 Å². The van der Waals surface area contributed by atoms with Crippen LogP contribution in [0.15, 0.2) is 29.6 Å². The summed E-state index contributed by atoms with van der Waals surface area (Å²) in [4.78, 5) is 13.0. The molecule has 3 rings (SSSR count). The molecule has 0 fully saturated rings. The molecule has 1 amide bonds. The highest BCUT2D eigenvalue weighted by Gasteiger charge is 2.19. The van der Waals surface area contributed by atoms with Gasteiger partial charge in [-0.05, 0) is 35.2 Å². The molecule has 0 saturated carbocycles. The zero-order chi connectivity index (χ0) is 11.1. The van der Waals surface area contributed by atoms with Gasteiger partial charge in [-0.15, -0.1) is 11.3 Å².